The Morgan fingerprint density at radius 1 is 1.10 bits per heavy atom. The van der Waals surface area contributed by atoms with Gasteiger partial charge in [-0.3, -0.25) is 9.78 Å². The number of anilines is 1. The van der Waals surface area contributed by atoms with Crippen LogP contribution in [-0.4, -0.2) is 46.0 Å². The number of hydrogen-bond donors (Lipinski definition) is 1. The van der Waals surface area contributed by atoms with Crippen LogP contribution < -0.4 is 5.73 Å². The lowest BCUT2D eigenvalue weighted by molar-refractivity contribution is 0.0712. The number of aromatic nitrogens is 3. The Morgan fingerprint density at radius 2 is 1.77 bits per heavy atom. The van der Waals surface area contributed by atoms with Crippen molar-refractivity contribution < 1.29 is 9.53 Å². The lowest BCUT2D eigenvalue weighted by Crippen LogP contribution is -2.38. The fourth-order valence-electron chi connectivity index (χ4n) is 4.03. The highest BCUT2D eigenvalue weighted by Gasteiger charge is 2.25. The maximum absolute atomic E-state index is 12.9. The van der Waals surface area contributed by atoms with Gasteiger partial charge in [-0.05, 0) is 55.2 Å². The number of nitrogens with zero attached hydrogens (tertiary/aromatic N) is 4. The van der Waals surface area contributed by atoms with Crippen LogP contribution in [0.5, 0.6) is 0 Å². The summed E-state index contributed by atoms with van der Waals surface area (Å²) in [5.74, 6) is 0.668. The predicted octanol–water partition coefficient (Wildman–Crippen LogP) is 3.60. The number of amides is 1. The Hall–Kier alpha value is -3.32. The predicted molar refractivity (Wildman–Crippen MR) is 119 cm³/mol. The van der Waals surface area contributed by atoms with Gasteiger partial charge < -0.3 is 15.4 Å². The summed E-state index contributed by atoms with van der Waals surface area (Å²) >= 11 is 0. The van der Waals surface area contributed by atoms with E-state index in [1.807, 2.05) is 42.2 Å². The van der Waals surface area contributed by atoms with Gasteiger partial charge >= 0.3 is 0 Å². The number of ether oxygens (including phenoxy) is 1. The molecule has 2 aromatic heterocycles. The Labute approximate surface area is 182 Å². The van der Waals surface area contributed by atoms with Crippen LogP contribution in [0.4, 0.5) is 5.95 Å². The summed E-state index contributed by atoms with van der Waals surface area (Å²) in [7, 11) is 1.67. The first kappa shape index (κ1) is 20.9. The fourth-order valence-corrected chi connectivity index (χ4v) is 4.03. The van der Waals surface area contributed by atoms with E-state index in [4.69, 9.17) is 15.5 Å². The number of hydrogen-bond acceptors (Lipinski definition) is 6. The number of nitrogens with two attached hydrogens (primary N) is 1. The quantitative estimate of drug-likeness (QED) is 0.682. The number of benzene rings is 1. The van der Waals surface area contributed by atoms with Gasteiger partial charge in [-0.15, -0.1) is 0 Å². The van der Waals surface area contributed by atoms with Crippen LogP contribution in [0.2, 0.25) is 0 Å². The third-order valence-electron chi connectivity index (χ3n) is 5.69. The molecule has 4 rings (SSSR count). The number of nitrogen functional groups attached to an aromatic ring is 1. The first-order valence-corrected chi connectivity index (χ1v) is 10.5. The van der Waals surface area contributed by atoms with Gasteiger partial charge in [-0.25, -0.2) is 9.97 Å². The summed E-state index contributed by atoms with van der Waals surface area (Å²) < 4.78 is 5.13. The number of carbonyl (C=O) groups is 1. The highest BCUT2D eigenvalue weighted by Crippen LogP contribution is 2.30. The average Bonchev–Trinajstić information content (AvgIpc) is 2.79. The average molecular weight is 418 g/mol. The van der Waals surface area contributed by atoms with Gasteiger partial charge in [0.2, 0.25) is 5.95 Å². The van der Waals surface area contributed by atoms with Crippen LogP contribution in [-0.2, 0) is 11.3 Å². The van der Waals surface area contributed by atoms with Crippen LogP contribution in [0.3, 0.4) is 0 Å². The minimum Gasteiger partial charge on any atom is -0.380 e. The molecule has 7 heteroatoms. The Kier molecular flexibility index (Phi) is 6.23. The molecule has 1 amide bonds. The van der Waals surface area contributed by atoms with Crippen molar-refractivity contribution >= 4 is 11.9 Å². The van der Waals surface area contributed by atoms with Gasteiger partial charge in [0.05, 0.1) is 6.61 Å². The van der Waals surface area contributed by atoms with E-state index in [-0.39, 0.29) is 11.9 Å². The molecular formula is C24H27N5O2. The van der Waals surface area contributed by atoms with Crippen molar-refractivity contribution in [3.63, 3.8) is 0 Å². The molecule has 2 N–H and O–H groups in total. The summed E-state index contributed by atoms with van der Waals surface area (Å²) in [5.41, 5.74) is 11.4. The molecule has 7 nitrogen and oxygen atoms in total. The second kappa shape index (κ2) is 9.22. The third-order valence-corrected chi connectivity index (χ3v) is 5.69. The molecule has 0 atom stereocenters. The molecular weight excluding hydrogens is 390 g/mol. The second-order valence-corrected chi connectivity index (χ2v) is 7.95. The minimum atomic E-state index is 0.0827. The SMILES string of the molecule is COCc1ccc(C(=O)N2CCC(c3cc(-c4cnc(N)nc4)cc(C)n3)CC2)cc1. The van der Waals surface area contributed by atoms with Gasteiger partial charge in [0.1, 0.15) is 0 Å². The molecule has 0 radical (unpaired) electrons. The highest BCUT2D eigenvalue weighted by atomic mass is 16.5. The van der Waals surface area contributed by atoms with Crippen molar-refractivity contribution in [3.8, 4) is 11.1 Å². The maximum atomic E-state index is 12.9. The Balaban J connectivity index is 1.43. The van der Waals surface area contributed by atoms with Crippen molar-refractivity contribution in [1.29, 1.82) is 0 Å². The van der Waals surface area contributed by atoms with Crippen LogP contribution in [0, 0.1) is 6.92 Å². The summed E-state index contributed by atoms with van der Waals surface area (Å²) in [6.07, 6.45) is 5.25. The van der Waals surface area contributed by atoms with Crippen LogP contribution in [0.15, 0.2) is 48.8 Å². The normalized spacial score (nSPS) is 14.6. The van der Waals surface area contributed by atoms with Crippen molar-refractivity contribution in [1.82, 2.24) is 19.9 Å². The molecule has 0 bridgehead atoms. The van der Waals surface area contributed by atoms with Crippen molar-refractivity contribution in [2.45, 2.75) is 32.3 Å². The minimum absolute atomic E-state index is 0.0827. The van der Waals surface area contributed by atoms with Gasteiger partial charge in [0.15, 0.2) is 0 Å². The zero-order valence-electron chi connectivity index (χ0n) is 17.9. The van der Waals surface area contributed by atoms with E-state index in [9.17, 15) is 4.79 Å². The molecule has 1 saturated heterocycles. The highest BCUT2D eigenvalue weighted by molar-refractivity contribution is 5.94. The number of piperidine rings is 1. The van der Waals surface area contributed by atoms with E-state index in [1.165, 1.54) is 0 Å². The zero-order valence-corrected chi connectivity index (χ0v) is 17.9. The van der Waals surface area contributed by atoms with Crippen molar-refractivity contribution in [2.75, 3.05) is 25.9 Å². The first-order valence-electron chi connectivity index (χ1n) is 10.5. The number of methoxy groups -OCH3 is 1. The van der Waals surface area contributed by atoms with E-state index in [0.29, 0.717) is 12.5 Å². The monoisotopic (exact) mass is 417 g/mol. The summed E-state index contributed by atoms with van der Waals surface area (Å²) in [5, 5.41) is 0. The summed E-state index contributed by atoms with van der Waals surface area (Å²) in [4.78, 5) is 27.8. The third kappa shape index (κ3) is 4.88. The fraction of sp³-hybridized carbons (Fsp3) is 0.333. The topological polar surface area (TPSA) is 94.2 Å². The molecule has 0 aliphatic carbocycles. The standard InChI is InChI=1S/C24H27N5O2/c1-16-11-20(21-13-26-24(25)27-14-21)12-22(28-16)18-7-9-29(10-8-18)23(30)19-5-3-17(4-6-19)15-31-2/h3-6,11-14,18H,7-10,15H2,1-2H3,(H2,25,26,27). The maximum Gasteiger partial charge on any atom is 0.253 e. The van der Waals surface area contributed by atoms with E-state index < -0.39 is 0 Å². The van der Waals surface area contributed by atoms with Crippen LogP contribution in [0.25, 0.3) is 11.1 Å². The molecule has 1 aliphatic heterocycles. The molecule has 0 saturated carbocycles. The molecule has 3 heterocycles. The molecule has 31 heavy (non-hydrogen) atoms. The molecule has 1 fully saturated rings. The number of likely N-dealkylation sites (tertiary alicyclic amines) is 1. The van der Waals surface area contributed by atoms with E-state index in [2.05, 4.69) is 16.0 Å². The lowest BCUT2D eigenvalue weighted by atomic mass is 9.91. The lowest BCUT2D eigenvalue weighted by Gasteiger charge is -2.32. The molecule has 0 spiro atoms. The number of aryl methyl sites for hydroxylation is 1. The van der Waals surface area contributed by atoms with E-state index in [0.717, 1.165) is 59.6 Å². The first-order chi connectivity index (χ1) is 15.0. The van der Waals surface area contributed by atoms with E-state index in [1.54, 1.807) is 19.5 Å². The molecule has 160 valence electrons. The molecule has 1 aliphatic rings. The van der Waals surface area contributed by atoms with Gasteiger partial charge in [0.25, 0.3) is 5.91 Å². The van der Waals surface area contributed by atoms with Crippen LogP contribution in [0.1, 0.15) is 46.1 Å². The number of rotatable bonds is 5. The smallest absolute Gasteiger partial charge is 0.253 e. The van der Waals surface area contributed by atoms with Crippen molar-refractivity contribution in [2.24, 2.45) is 0 Å². The van der Waals surface area contributed by atoms with Crippen molar-refractivity contribution in [3.05, 3.63) is 71.3 Å². The molecule has 3 aromatic rings. The summed E-state index contributed by atoms with van der Waals surface area (Å²) in [6.45, 7) is 3.99. The summed E-state index contributed by atoms with van der Waals surface area (Å²) in [6, 6.07) is 11.8. The van der Waals surface area contributed by atoms with Gasteiger partial charge in [0, 0.05) is 61.0 Å². The number of carbonyl (C=O) groups excluding carboxylic acids is 1. The Morgan fingerprint density at radius 3 is 2.42 bits per heavy atom. The van der Waals surface area contributed by atoms with Gasteiger partial charge in [-0.2, -0.15) is 0 Å². The largest absolute Gasteiger partial charge is 0.380 e. The van der Waals surface area contributed by atoms with Crippen LogP contribution >= 0.6 is 0 Å². The molecule has 1 aromatic carbocycles. The molecule has 0 unspecified atom stereocenters. The second-order valence-electron chi connectivity index (χ2n) is 7.95. The number of pyridine rings is 1. The van der Waals surface area contributed by atoms with E-state index >= 15 is 0 Å². The van der Waals surface area contributed by atoms with Gasteiger partial charge in [-0.1, -0.05) is 12.1 Å². The zero-order chi connectivity index (χ0) is 21.8. The Bertz CT molecular complexity index is 1040.